The second-order valence-electron chi connectivity index (χ2n) is 3.39. The Hall–Kier alpha value is -1.69. The van der Waals surface area contributed by atoms with Gasteiger partial charge in [0.1, 0.15) is 5.82 Å². The molecular weight excluding hydrogens is 291 g/mol. The number of hydrogen-bond acceptors (Lipinski definition) is 3. The summed E-state index contributed by atoms with van der Waals surface area (Å²) in [6, 6.07) is 6.03. The average Bonchev–Trinajstić information content (AvgIpc) is 2.68. The molecule has 0 aliphatic rings. The van der Waals surface area contributed by atoms with Crippen molar-refractivity contribution in [2.75, 3.05) is 5.32 Å². The standard InChI is InChI=1S/C11H8BrFN2O2/c1-6-5-9(17-15-6)14-11(16)7-3-2-4-8(12)10(7)13/h2-5H,1H3,(H,14,16). The summed E-state index contributed by atoms with van der Waals surface area (Å²) < 4.78 is 18.7. The Bertz CT molecular complexity index is 568. The number of anilines is 1. The minimum Gasteiger partial charge on any atom is -0.338 e. The predicted octanol–water partition coefficient (Wildman–Crippen LogP) is 3.14. The monoisotopic (exact) mass is 298 g/mol. The molecule has 0 saturated carbocycles. The van der Waals surface area contributed by atoms with Crippen molar-refractivity contribution in [3.05, 3.63) is 45.8 Å². The molecule has 0 aliphatic heterocycles. The Labute approximate surface area is 105 Å². The Morgan fingerprint density at radius 1 is 1.53 bits per heavy atom. The van der Waals surface area contributed by atoms with Crippen LogP contribution in [0.4, 0.5) is 10.3 Å². The quantitative estimate of drug-likeness (QED) is 0.927. The van der Waals surface area contributed by atoms with E-state index in [0.717, 1.165) is 0 Å². The average molecular weight is 299 g/mol. The molecule has 1 aromatic heterocycles. The van der Waals surface area contributed by atoms with Gasteiger partial charge in [-0.3, -0.25) is 10.1 Å². The molecule has 1 aromatic carbocycles. The molecule has 1 heterocycles. The van der Waals surface area contributed by atoms with E-state index in [1.54, 1.807) is 19.1 Å². The maximum Gasteiger partial charge on any atom is 0.261 e. The molecule has 0 fully saturated rings. The zero-order valence-corrected chi connectivity index (χ0v) is 10.4. The van der Waals surface area contributed by atoms with Gasteiger partial charge >= 0.3 is 0 Å². The molecule has 2 aromatic rings. The number of aryl methyl sites for hydroxylation is 1. The summed E-state index contributed by atoms with van der Waals surface area (Å²) in [7, 11) is 0. The van der Waals surface area contributed by atoms with Gasteiger partial charge in [0.05, 0.1) is 15.7 Å². The van der Waals surface area contributed by atoms with E-state index in [1.807, 2.05) is 0 Å². The fourth-order valence-corrected chi connectivity index (χ4v) is 1.65. The molecule has 0 atom stereocenters. The van der Waals surface area contributed by atoms with Crippen LogP contribution in [0.1, 0.15) is 16.1 Å². The topological polar surface area (TPSA) is 55.1 Å². The summed E-state index contributed by atoms with van der Waals surface area (Å²) in [6.07, 6.45) is 0. The van der Waals surface area contributed by atoms with Crippen molar-refractivity contribution in [2.45, 2.75) is 6.92 Å². The third-order valence-electron chi connectivity index (χ3n) is 2.06. The molecule has 0 radical (unpaired) electrons. The zero-order chi connectivity index (χ0) is 12.4. The van der Waals surface area contributed by atoms with Gasteiger partial charge in [0.15, 0.2) is 0 Å². The number of hydrogen-bond donors (Lipinski definition) is 1. The van der Waals surface area contributed by atoms with Gasteiger partial charge in [-0.1, -0.05) is 11.2 Å². The SMILES string of the molecule is Cc1cc(NC(=O)c2cccc(Br)c2F)on1. The second-order valence-corrected chi connectivity index (χ2v) is 4.24. The maximum atomic E-state index is 13.6. The third-order valence-corrected chi connectivity index (χ3v) is 2.67. The number of rotatable bonds is 2. The number of carbonyl (C=O) groups excluding carboxylic acids is 1. The van der Waals surface area contributed by atoms with Crippen LogP contribution in [0.5, 0.6) is 0 Å². The van der Waals surface area contributed by atoms with E-state index < -0.39 is 11.7 Å². The summed E-state index contributed by atoms with van der Waals surface area (Å²) in [5.74, 6) is -1.01. The summed E-state index contributed by atoms with van der Waals surface area (Å²) in [5.41, 5.74) is 0.573. The molecular formula is C11H8BrFN2O2. The van der Waals surface area contributed by atoms with E-state index in [4.69, 9.17) is 4.52 Å². The van der Waals surface area contributed by atoms with Gasteiger partial charge in [0.2, 0.25) is 5.88 Å². The Balaban J connectivity index is 2.23. The van der Waals surface area contributed by atoms with Gasteiger partial charge in [-0.05, 0) is 35.0 Å². The minimum absolute atomic E-state index is 0.0616. The number of halogens is 2. The van der Waals surface area contributed by atoms with Gasteiger partial charge in [-0.2, -0.15) is 0 Å². The van der Waals surface area contributed by atoms with Crippen molar-refractivity contribution < 1.29 is 13.7 Å². The van der Waals surface area contributed by atoms with Crippen molar-refractivity contribution in [3.63, 3.8) is 0 Å². The molecule has 0 aliphatic carbocycles. The van der Waals surface area contributed by atoms with Crippen LogP contribution in [0, 0.1) is 12.7 Å². The summed E-state index contributed by atoms with van der Waals surface area (Å²) in [6.45, 7) is 1.72. The highest BCUT2D eigenvalue weighted by Crippen LogP contribution is 2.19. The van der Waals surface area contributed by atoms with Gasteiger partial charge in [-0.25, -0.2) is 4.39 Å². The molecule has 0 saturated heterocycles. The van der Waals surface area contributed by atoms with Crippen LogP contribution in [0.25, 0.3) is 0 Å². The minimum atomic E-state index is -0.610. The smallest absolute Gasteiger partial charge is 0.261 e. The number of nitrogens with zero attached hydrogens (tertiary/aromatic N) is 1. The lowest BCUT2D eigenvalue weighted by Gasteiger charge is -2.03. The van der Waals surface area contributed by atoms with Crippen molar-refractivity contribution in [1.29, 1.82) is 0 Å². The van der Waals surface area contributed by atoms with E-state index in [0.29, 0.717) is 5.69 Å². The van der Waals surface area contributed by atoms with E-state index in [9.17, 15) is 9.18 Å². The molecule has 88 valence electrons. The van der Waals surface area contributed by atoms with Crippen molar-refractivity contribution in [3.8, 4) is 0 Å². The van der Waals surface area contributed by atoms with Crippen LogP contribution in [0.3, 0.4) is 0 Å². The first kappa shape index (κ1) is 11.8. The lowest BCUT2D eigenvalue weighted by atomic mass is 10.2. The maximum absolute atomic E-state index is 13.6. The normalized spacial score (nSPS) is 10.3. The Kier molecular flexibility index (Phi) is 3.23. The lowest BCUT2D eigenvalue weighted by Crippen LogP contribution is -2.13. The largest absolute Gasteiger partial charge is 0.338 e. The summed E-state index contributed by atoms with van der Waals surface area (Å²) in [5, 5.41) is 6.03. The molecule has 1 amide bonds. The van der Waals surface area contributed by atoms with Crippen LogP contribution in [-0.4, -0.2) is 11.1 Å². The first-order chi connectivity index (χ1) is 8.08. The molecule has 0 unspecified atom stereocenters. The molecule has 1 N–H and O–H groups in total. The van der Waals surface area contributed by atoms with Crippen molar-refractivity contribution >= 4 is 27.7 Å². The van der Waals surface area contributed by atoms with Crippen molar-refractivity contribution in [2.24, 2.45) is 0 Å². The van der Waals surface area contributed by atoms with E-state index in [1.165, 1.54) is 12.1 Å². The van der Waals surface area contributed by atoms with Gasteiger partial charge in [0, 0.05) is 6.07 Å². The van der Waals surface area contributed by atoms with E-state index in [-0.39, 0.29) is 15.9 Å². The Morgan fingerprint density at radius 2 is 2.29 bits per heavy atom. The highest BCUT2D eigenvalue weighted by molar-refractivity contribution is 9.10. The molecule has 17 heavy (non-hydrogen) atoms. The van der Waals surface area contributed by atoms with Crippen molar-refractivity contribution in [1.82, 2.24) is 5.16 Å². The molecule has 0 spiro atoms. The molecule has 4 nitrogen and oxygen atoms in total. The van der Waals surface area contributed by atoms with E-state index >= 15 is 0 Å². The van der Waals surface area contributed by atoms with Crippen LogP contribution < -0.4 is 5.32 Å². The first-order valence-corrected chi connectivity index (χ1v) is 5.56. The fourth-order valence-electron chi connectivity index (χ4n) is 1.28. The van der Waals surface area contributed by atoms with Crippen LogP contribution in [0.15, 0.2) is 33.3 Å². The number of aromatic nitrogens is 1. The second kappa shape index (κ2) is 4.67. The summed E-state index contributed by atoms with van der Waals surface area (Å²) >= 11 is 3.01. The predicted molar refractivity (Wildman–Crippen MR) is 63.3 cm³/mol. The van der Waals surface area contributed by atoms with Crippen LogP contribution in [0.2, 0.25) is 0 Å². The zero-order valence-electron chi connectivity index (χ0n) is 8.83. The molecule has 2 rings (SSSR count). The van der Waals surface area contributed by atoms with Gasteiger partial charge in [-0.15, -0.1) is 0 Å². The van der Waals surface area contributed by atoms with E-state index in [2.05, 4.69) is 26.4 Å². The van der Waals surface area contributed by atoms with Crippen LogP contribution in [-0.2, 0) is 0 Å². The number of benzene rings is 1. The Morgan fingerprint density at radius 3 is 2.94 bits per heavy atom. The highest BCUT2D eigenvalue weighted by Gasteiger charge is 2.15. The van der Waals surface area contributed by atoms with Crippen LogP contribution >= 0.6 is 15.9 Å². The fraction of sp³-hybridized carbons (Fsp3) is 0.0909. The lowest BCUT2D eigenvalue weighted by molar-refractivity contribution is 0.102. The summed E-state index contributed by atoms with van der Waals surface area (Å²) in [4.78, 5) is 11.7. The number of carbonyl (C=O) groups is 1. The number of nitrogens with one attached hydrogen (secondary N) is 1. The van der Waals surface area contributed by atoms with Gasteiger partial charge < -0.3 is 4.52 Å². The molecule has 0 bridgehead atoms. The first-order valence-electron chi connectivity index (χ1n) is 4.76. The third kappa shape index (κ3) is 2.52. The van der Waals surface area contributed by atoms with Gasteiger partial charge in [0.25, 0.3) is 5.91 Å². The highest BCUT2D eigenvalue weighted by atomic mass is 79.9. The molecule has 6 heteroatoms. The number of amides is 1.